The van der Waals surface area contributed by atoms with Crippen LogP contribution < -0.4 is 0 Å². The van der Waals surface area contributed by atoms with Gasteiger partial charge in [0.2, 0.25) is 5.91 Å². The van der Waals surface area contributed by atoms with E-state index in [-0.39, 0.29) is 0 Å². The molecule has 2 nitrogen and oxygen atoms in total. The molecule has 0 aliphatic carbocycles. The van der Waals surface area contributed by atoms with Crippen LogP contribution in [-0.2, 0) is 4.79 Å². The van der Waals surface area contributed by atoms with Gasteiger partial charge in [-0.25, -0.2) is 0 Å². The fourth-order valence-electron chi connectivity index (χ4n) is 2.68. The van der Waals surface area contributed by atoms with Gasteiger partial charge in [0.1, 0.15) is 0 Å². The summed E-state index contributed by atoms with van der Waals surface area (Å²) in [4.78, 5) is 14.2. The van der Waals surface area contributed by atoms with Crippen molar-refractivity contribution in [1.29, 1.82) is 0 Å². The van der Waals surface area contributed by atoms with Crippen molar-refractivity contribution >= 4 is 18.5 Å². The Morgan fingerprint density at radius 2 is 1.94 bits per heavy atom. The van der Waals surface area contributed by atoms with Gasteiger partial charge >= 0.3 is 0 Å². The minimum absolute atomic E-state index is 0.352. The van der Waals surface area contributed by atoms with Crippen molar-refractivity contribution in [3.63, 3.8) is 0 Å². The van der Waals surface area contributed by atoms with E-state index in [1.807, 2.05) is 0 Å². The van der Waals surface area contributed by atoms with Crippen LogP contribution in [0.4, 0.5) is 0 Å². The van der Waals surface area contributed by atoms with Gasteiger partial charge in [0, 0.05) is 19.5 Å². The van der Waals surface area contributed by atoms with Gasteiger partial charge in [-0.1, -0.05) is 27.7 Å². The summed E-state index contributed by atoms with van der Waals surface area (Å²) in [6.45, 7) is 10.8. The molecule has 1 aliphatic rings. The Hall–Kier alpha value is -0.180. The van der Waals surface area contributed by atoms with Crippen LogP contribution in [0.25, 0.3) is 0 Å². The number of hydrogen-bond acceptors (Lipinski definition) is 2. The van der Waals surface area contributed by atoms with Crippen molar-refractivity contribution < 1.29 is 4.79 Å². The van der Waals surface area contributed by atoms with Crippen LogP contribution in [0.3, 0.4) is 0 Å². The molecule has 0 aromatic carbocycles. The first-order valence-corrected chi connectivity index (χ1v) is 7.97. The Morgan fingerprint density at radius 1 is 1.28 bits per heavy atom. The predicted octanol–water partition coefficient (Wildman–Crippen LogP) is 3.47. The molecule has 1 amide bonds. The maximum atomic E-state index is 12.2. The maximum absolute atomic E-state index is 12.2. The summed E-state index contributed by atoms with van der Waals surface area (Å²) in [5, 5.41) is 0. The number of carbonyl (C=O) groups excluding carboxylic acids is 1. The summed E-state index contributed by atoms with van der Waals surface area (Å²) in [6.07, 6.45) is 2.97. The van der Waals surface area contributed by atoms with E-state index in [4.69, 9.17) is 0 Å². The molecular weight excluding hydrogens is 242 g/mol. The zero-order valence-electron chi connectivity index (χ0n) is 12.4. The molecule has 1 heterocycles. The average Bonchev–Trinajstić information content (AvgIpc) is 2.48. The molecular formula is C15H29NOS. The Bertz CT molecular complexity index is 265. The summed E-state index contributed by atoms with van der Waals surface area (Å²) in [5.74, 6) is 3.75. The summed E-state index contributed by atoms with van der Waals surface area (Å²) >= 11 is 4.42. The first-order chi connectivity index (χ1) is 8.45. The number of likely N-dealkylation sites (tertiary alicyclic amines) is 1. The van der Waals surface area contributed by atoms with E-state index >= 15 is 0 Å². The molecule has 2 unspecified atom stereocenters. The van der Waals surface area contributed by atoms with E-state index in [9.17, 15) is 4.79 Å². The SMILES string of the molecule is CC(C)C1CCC(=O)N(CC(CS)C(C)C)CC1. The van der Waals surface area contributed by atoms with Crippen LogP contribution in [0.1, 0.15) is 47.0 Å². The summed E-state index contributed by atoms with van der Waals surface area (Å²) in [6, 6.07) is 0. The average molecular weight is 271 g/mol. The van der Waals surface area contributed by atoms with Gasteiger partial charge in [-0.2, -0.15) is 12.6 Å². The lowest BCUT2D eigenvalue weighted by atomic mass is 9.89. The van der Waals surface area contributed by atoms with Crippen molar-refractivity contribution in [3.05, 3.63) is 0 Å². The first-order valence-electron chi connectivity index (χ1n) is 7.34. The van der Waals surface area contributed by atoms with Crippen molar-refractivity contribution in [2.24, 2.45) is 23.7 Å². The lowest BCUT2D eigenvalue weighted by Gasteiger charge is -2.28. The van der Waals surface area contributed by atoms with Gasteiger partial charge in [0.25, 0.3) is 0 Å². The second-order valence-corrected chi connectivity index (χ2v) is 6.72. The monoisotopic (exact) mass is 271 g/mol. The Labute approximate surface area is 118 Å². The lowest BCUT2D eigenvalue weighted by Crippen LogP contribution is -2.37. The van der Waals surface area contributed by atoms with Gasteiger partial charge in [-0.05, 0) is 42.3 Å². The molecule has 0 aromatic rings. The lowest BCUT2D eigenvalue weighted by molar-refractivity contribution is -0.131. The largest absolute Gasteiger partial charge is 0.342 e. The highest BCUT2D eigenvalue weighted by atomic mass is 32.1. The molecule has 0 radical (unpaired) electrons. The number of hydrogen-bond donors (Lipinski definition) is 1. The second-order valence-electron chi connectivity index (χ2n) is 6.36. The maximum Gasteiger partial charge on any atom is 0.222 e. The van der Waals surface area contributed by atoms with Gasteiger partial charge in [0.05, 0.1) is 0 Å². The fourth-order valence-corrected chi connectivity index (χ4v) is 3.22. The third kappa shape index (κ3) is 4.49. The standard InChI is InChI=1S/C15H29NOS/c1-11(2)13-5-6-15(17)16(8-7-13)9-14(10-18)12(3)4/h11-14,18H,5-10H2,1-4H3. The molecule has 1 rings (SSSR count). The smallest absolute Gasteiger partial charge is 0.222 e. The molecule has 3 heteroatoms. The second kappa shape index (κ2) is 7.42. The van der Waals surface area contributed by atoms with Crippen LogP contribution in [0, 0.1) is 23.7 Å². The van der Waals surface area contributed by atoms with Crippen LogP contribution >= 0.6 is 12.6 Å². The van der Waals surface area contributed by atoms with Gasteiger partial charge < -0.3 is 4.90 Å². The fraction of sp³-hybridized carbons (Fsp3) is 0.933. The van der Waals surface area contributed by atoms with Crippen LogP contribution in [-0.4, -0.2) is 29.6 Å². The van der Waals surface area contributed by atoms with Crippen molar-refractivity contribution in [2.75, 3.05) is 18.8 Å². The van der Waals surface area contributed by atoms with E-state index in [0.717, 1.165) is 31.7 Å². The first kappa shape index (κ1) is 15.9. The minimum atomic E-state index is 0.352. The molecule has 0 spiro atoms. The van der Waals surface area contributed by atoms with Gasteiger partial charge in [-0.15, -0.1) is 0 Å². The van der Waals surface area contributed by atoms with Crippen LogP contribution in [0.5, 0.6) is 0 Å². The highest BCUT2D eigenvalue weighted by Crippen LogP contribution is 2.26. The molecule has 0 bridgehead atoms. The Kier molecular flexibility index (Phi) is 6.54. The van der Waals surface area contributed by atoms with Gasteiger partial charge in [0.15, 0.2) is 0 Å². The van der Waals surface area contributed by atoms with E-state index in [2.05, 4.69) is 45.2 Å². The Morgan fingerprint density at radius 3 is 2.44 bits per heavy atom. The van der Waals surface area contributed by atoms with E-state index in [1.165, 1.54) is 6.42 Å². The molecule has 0 N–H and O–H groups in total. The van der Waals surface area contributed by atoms with Crippen LogP contribution in [0.15, 0.2) is 0 Å². The normalized spacial score (nSPS) is 23.6. The molecule has 1 saturated heterocycles. The molecule has 0 aromatic heterocycles. The minimum Gasteiger partial charge on any atom is -0.342 e. The zero-order chi connectivity index (χ0) is 13.7. The third-order valence-electron chi connectivity index (χ3n) is 4.43. The number of carbonyl (C=O) groups is 1. The topological polar surface area (TPSA) is 20.3 Å². The van der Waals surface area contributed by atoms with E-state index in [0.29, 0.717) is 29.6 Å². The molecule has 0 saturated carbocycles. The number of nitrogens with zero attached hydrogens (tertiary/aromatic N) is 1. The van der Waals surface area contributed by atoms with Crippen molar-refractivity contribution in [3.8, 4) is 0 Å². The predicted molar refractivity (Wildman–Crippen MR) is 80.9 cm³/mol. The molecule has 2 atom stereocenters. The number of thiol groups is 1. The number of amides is 1. The molecule has 1 fully saturated rings. The van der Waals surface area contributed by atoms with Crippen molar-refractivity contribution in [1.82, 2.24) is 4.90 Å². The van der Waals surface area contributed by atoms with Gasteiger partial charge in [-0.3, -0.25) is 4.79 Å². The zero-order valence-corrected chi connectivity index (χ0v) is 13.2. The number of rotatable bonds is 5. The van der Waals surface area contributed by atoms with E-state index < -0.39 is 0 Å². The molecule has 106 valence electrons. The highest BCUT2D eigenvalue weighted by molar-refractivity contribution is 7.80. The summed E-state index contributed by atoms with van der Waals surface area (Å²) in [5.41, 5.74) is 0. The molecule has 1 aliphatic heterocycles. The highest BCUT2D eigenvalue weighted by Gasteiger charge is 2.26. The Balaban J connectivity index is 2.57. The van der Waals surface area contributed by atoms with Crippen LogP contribution in [0.2, 0.25) is 0 Å². The molecule has 18 heavy (non-hydrogen) atoms. The summed E-state index contributed by atoms with van der Waals surface area (Å²) < 4.78 is 0. The third-order valence-corrected chi connectivity index (χ3v) is 4.90. The summed E-state index contributed by atoms with van der Waals surface area (Å²) in [7, 11) is 0. The van der Waals surface area contributed by atoms with Crippen molar-refractivity contribution in [2.45, 2.75) is 47.0 Å². The quantitative estimate of drug-likeness (QED) is 0.759. The van der Waals surface area contributed by atoms with E-state index in [1.54, 1.807) is 0 Å².